The van der Waals surface area contributed by atoms with Crippen molar-refractivity contribution in [2.24, 2.45) is 7.05 Å². The molecule has 6 nitrogen and oxygen atoms in total. The van der Waals surface area contributed by atoms with Crippen LogP contribution in [0.4, 0.5) is 4.79 Å². The number of urea groups is 1. The first kappa shape index (κ1) is 16.7. The summed E-state index contributed by atoms with van der Waals surface area (Å²) in [4.78, 5) is 14.7. The van der Waals surface area contributed by atoms with E-state index < -0.39 is 0 Å². The lowest BCUT2D eigenvalue weighted by Gasteiger charge is -2.35. The van der Waals surface area contributed by atoms with Gasteiger partial charge in [-0.25, -0.2) is 4.79 Å². The molecule has 1 fully saturated rings. The smallest absolute Gasteiger partial charge is 0.318 e. The minimum atomic E-state index is -0.172. The van der Waals surface area contributed by atoms with Gasteiger partial charge in [-0.2, -0.15) is 16.9 Å². The number of benzene rings is 1. The minimum absolute atomic E-state index is 0.0360. The average Bonchev–Trinajstić information content (AvgIpc) is 3.01. The number of nitrogens with one attached hydrogen (secondary N) is 1. The van der Waals surface area contributed by atoms with Crippen molar-refractivity contribution in [2.45, 2.75) is 19.0 Å². The molecule has 24 heavy (non-hydrogen) atoms. The van der Waals surface area contributed by atoms with Crippen molar-refractivity contribution in [2.75, 3.05) is 18.1 Å². The van der Waals surface area contributed by atoms with Crippen molar-refractivity contribution >= 4 is 17.8 Å². The van der Waals surface area contributed by atoms with Crippen LogP contribution < -0.4 is 5.32 Å². The third-order valence-electron chi connectivity index (χ3n) is 4.21. The fourth-order valence-electron chi connectivity index (χ4n) is 2.88. The van der Waals surface area contributed by atoms with Crippen molar-refractivity contribution in [1.82, 2.24) is 20.0 Å². The van der Waals surface area contributed by atoms with Gasteiger partial charge in [-0.05, 0) is 24.6 Å². The number of carbonyl (C=O) groups is 1. The second-order valence-corrected chi connectivity index (χ2v) is 7.15. The number of hydrogen-bond acceptors (Lipinski definition) is 4. The maximum Gasteiger partial charge on any atom is 0.318 e. The SMILES string of the molecule is C[C@@H](NC(=O)N1CCSC[C@H]1c1cnn(C)c1)c1cccc(O)c1. The van der Waals surface area contributed by atoms with E-state index in [1.165, 1.54) is 0 Å². The first-order valence-electron chi connectivity index (χ1n) is 7.97. The maximum atomic E-state index is 12.8. The molecule has 1 aliphatic heterocycles. The van der Waals surface area contributed by atoms with E-state index in [-0.39, 0.29) is 23.9 Å². The highest BCUT2D eigenvalue weighted by atomic mass is 32.2. The Morgan fingerprint density at radius 2 is 2.33 bits per heavy atom. The molecule has 0 spiro atoms. The van der Waals surface area contributed by atoms with E-state index in [4.69, 9.17) is 0 Å². The van der Waals surface area contributed by atoms with Crippen LogP contribution in [-0.2, 0) is 7.05 Å². The number of nitrogens with zero attached hydrogens (tertiary/aromatic N) is 3. The highest BCUT2D eigenvalue weighted by Crippen LogP contribution is 2.29. The normalized spacial score (nSPS) is 19.1. The van der Waals surface area contributed by atoms with Crippen molar-refractivity contribution in [3.05, 3.63) is 47.8 Å². The fraction of sp³-hybridized carbons (Fsp3) is 0.412. The van der Waals surface area contributed by atoms with Crippen LogP contribution in [0.2, 0.25) is 0 Å². The molecular weight excluding hydrogens is 324 g/mol. The number of aromatic hydroxyl groups is 1. The van der Waals surface area contributed by atoms with Crippen molar-refractivity contribution in [3.8, 4) is 5.75 Å². The predicted octanol–water partition coefficient (Wildman–Crippen LogP) is 2.69. The van der Waals surface area contributed by atoms with Gasteiger partial charge in [0.1, 0.15) is 5.75 Å². The topological polar surface area (TPSA) is 70.4 Å². The van der Waals surface area contributed by atoms with E-state index in [1.54, 1.807) is 22.9 Å². The minimum Gasteiger partial charge on any atom is -0.508 e. The van der Waals surface area contributed by atoms with Gasteiger partial charge in [-0.15, -0.1) is 0 Å². The second-order valence-electron chi connectivity index (χ2n) is 6.00. The molecule has 1 saturated heterocycles. The van der Waals surface area contributed by atoms with Gasteiger partial charge in [-0.1, -0.05) is 12.1 Å². The lowest BCUT2D eigenvalue weighted by Crippen LogP contribution is -2.46. The van der Waals surface area contributed by atoms with Crippen molar-refractivity contribution in [3.63, 3.8) is 0 Å². The van der Waals surface area contributed by atoms with E-state index in [1.807, 2.05) is 49.1 Å². The van der Waals surface area contributed by atoms with Crippen LogP contribution in [0.3, 0.4) is 0 Å². The molecular formula is C17H22N4O2S. The molecule has 0 unspecified atom stereocenters. The van der Waals surface area contributed by atoms with E-state index in [0.717, 1.165) is 22.6 Å². The van der Waals surface area contributed by atoms with Crippen LogP contribution in [0.1, 0.15) is 30.1 Å². The largest absolute Gasteiger partial charge is 0.508 e. The molecule has 7 heteroatoms. The standard InChI is InChI=1S/C17H22N4O2S/c1-12(13-4-3-5-15(22)8-13)19-17(23)21-6-7-24-11-16(21)14-9-18-20(2)10-14/h3-5,8-10,12,16,22H,6-7,11H2,1-2H3,(H,19,23)/t12-,16+/m1/s1. The molecule has 2 N–H and O–H groups in total. The Hall–Kier alpha value is -2.15. The number of hydrogen-bond donors (Lipinski definition) is 2. The second kappa shape index (κ2) is 7.17. The number of amides is 2. The first-order chi connectivity index (χ1) is 11.5. The lowest BCUT2D eigenvalue weighted by molar-refractivity contribution is 0.179. The van der Waals surface area contributed by atoms with Crippen LogP contribution in [0, 0.1) is 0 Å². The molecule has 0 radical (unpaired) electrons. The Bertz CT molecular complexity index is 718. The third kappa shape index (κ3) is 3.67. The monoisotopic (exact) mass is 346 g/mol. The molecule has 0 bridgehead atoms. The summed E-state index contributed by atoms with van der Waals surface area (Å²) in [6, 6.07) is 6.76. The van der Waals surface area contributed by atoms with Crippen LogP contribution >= 0.6 is 11.8 Å². The van der Waals surface area contributed by atoms with Crippen LogP contribution in [0.25, 0.3) is 0 Å². The highest BCUT2D eigenvalue weighted by molar-refractivity contribution is 7.99. The molecule has 2 aromatic rings. The Morgan fingerprint density at radius 3 is 3.04 bits per heavy atom. The Kier molecular flexibility index (Phi) is 4.99. The molecule has 2 heterocycles. The number of rotatable bonds is 3. The summed E-state index contributed by atoms with van der Waals surface area (Å²) in [5, 5.41) is 16.9. The van der Waals surface area contributed by atoms with Gasteiger partial charge < -0.3 is 15.3 Å². The summed E-state index contributed by atoms with van der Waals surface area (Å²) in [5.41, 5.74) is 1.94. The number of thioether (sulfide) groups is 1. The van der Waals surface area contributed by atoms with E-state index >= 15 is 0 Å². The maximum absolute atomic E-state index is 12.8. The number of phenols is 1. The third-order valence-corrected chi connectivity index (χ3v) is 5.23. The molecule has 0 saturated carbocycles. The number of phenolic OH excluding ortho intramolecular Hbond substituents is 1. The summed E-state index contributed by atoms with van der Waals surface area (Å²) >= 11 is 1.85. The van der Waals surface area contributed by atoms with Gasteiger partial charge >= 0.3 is 6.03 Å². The Labute approximate surface area is 145 Å². The van der Waals surface area contributed by atoms with Crippen molar-refractivity contribution < 1.29 is 9.90 Å². The molecule has 2 amide bonds. The molecule has 128 valence electrons. The lowest BCUT2D eigenvalue weighted by atomic mass is 10.1. The van der Waals surface area contributed by atoms with E-state index in [2.05, 4.69) is 10.4 Å². The van der Waals surface area contributed by atoms with Gasteiger partial charge in [0, 0.05) is 36.9 Å². The quantitative estimate of drug-likeness (QED) is 0.896. The molecule has 0 aliphatic carbocycles. The van der Waals surface area contributed by atoms with Gasteiger partial charge in [0.25, 0.3) is 0 Å². The van der Waals surface area contributed by atoms with Crippen LogP contribution in [-0.4, -0.2) is 43.9 Å². The van der Waals surface area contributed by atoms with Gasteiger partial charge in [0.2, 0.25) is 0 Å². The molecule has 1 aromatic heterocycles. The summed E-state index contributed by atoms with van der Waals surface area (Å²) in [6.07, 6.45) is 3.80. The zero-order valence-corrected chi connectivity index (χ0v) is 14.7. The Morgan fingerprint density at radius 1 is 1.50 bits per heavy atom. The van der Waals surface area contributed by atoms with E-state index in [9.17, 15) is 9.90 Å². The van der Waals surface area contributed by atoms with Gasteiger partial charge in [0.15, 0.2) is 0 Å². The summed E-state index contributed by atoms with van der Waals surface area (Å²) in [7, 11) is 1.88. The Balaban J connectivity index is 1.72. The predicted molar refractivity (Wildman–Crippen MR) is 95.0 cm³/mol. The molecule has 1 aliphatic rings. The summed E-state index contributed by atoms with van der Waals surface area (Å²) in [5.74, 6) is 2.01. The number of carbonyl (C=O) groups excluding carboxylic acids is 1. The zero-order chi connectivity index (χ0) is 17.1. The fourth-order valence-corrected chi connectivity index (χ4v) is 3.97. The van der Waals surface area contributed by atoms with Crippen LogP contribution in [0.5, 0.6) is 5.75 Å². The first-order valence-corrected chi connectivity index (χ1v) is 9.12. The van der Waals surface area contributed by atoms with E-state index in [0.29, 0.717) is 6.54 Å². The zero-order valence-electron chi connectivity index (χ0n) is 13.8. The summed E-state index contributed by atoms with van der Waals surface area (Å²) in [6.45, 7) is 2.63. The highest BCUT2D eigenvalue weighted by Gasteiger charge is 2.30. The van der Waals surface area contributed by atoms with Crippen molar-refractivity contribution in [1.29, 1.82) is 0 Å². The van der Waals surface area contributed by atoms with Crippen LogP contribution in [0.15, 0.2) is 36.7 Å². The summed E-state index contributed by atoms with van der Waals surface area (Å²) < 4.78 is 1.76. The van der Waals surface area contributed by atoms with Gasteiger partial charge in [-0.3, -0.25) is 4.68 Å². The number of aryl methyl sites for hydroxylation is 1. The molecule has 3 rings (SSSR count). The number of aromatic nitrogens is 2. The van der Waals surface area contributed by atoms with Gasteiger partial charge in [0.05, 0.1) is 18.3 Å². The molecule has 2 atom stereocenters. The molecule has 1 aromatic carbocycles. The average molecular weight is 346 g/mol.